The average molecular weight is 489 g/mol. The average Bonchev–Trinajstić information content (AvgIpc) is 2.77. The zero-order valence-corrected chi connectivity index (χ0v) is 21.3. The molecule has 3 heterocycles. The third-order valence-corrected chi connectivity index (χ3v) is 6.85. The lowest BCUT2D eigenvalue weighted by molar-refractivity contribution is 0.0836. The van der Waals surface area contributed by atoms with Gasteiger partial charge in [-0.1, -0.05) is 17.7 Å². The predicted molar refractivity (Wildman–Crippen MR) is 139 cm³/mol. The fourth-order valence-electron chi connectivity index (χ4n) is 4.91. The molecule has 0 radical (unpaired) electrons. The molecule has 6 heteroatoms. The molecule has 2 N–H and O–H groups in total. The molecule has 3 aliphatic heterocycles. The fraction of sp³-hybridized carbons (Fsp3) is 0.367. The molecule has 0 aliphatic carbocycles. The van der Waals surface area contributed by atoms with Crippen molar-refractivity contribution < 1.29 is 29.2 Å². The summed E-state index contributed by atoms with van der Waals surface area (Å²) in [5, 5.41) is 21.5. The van der Waals surface area contributed by atoms with Crippen molar-refractivity contribution in [3.63, 3.8) is 0 Å². The van der Waals surface area contributed by atoms with Crippen LogP contribution in [-0.2, 0) is 0 Å². The minimum Gasteiger partial charge on any atom is -0.507 e. The van der Waals surface area contributed by atoms with Gasteiger partial charge in [-0.2, -0.15) is 0 Å². The Morgan fingerprint density at radius 3 is 2.53 bits per heavy atom. The lowest BCUT2D eigenvalue weighted by atomic mass is 9.89. The van der Waals surface area contributed by atoms with E-state index in [1.54, 1.807) is 12.1 Å². The van der Waals surface area contributed by atoms with Crippen LogP contribution in [0.15, 0.2) is 42.0 Å². The van der Waals surface area contributed by atoms with E-state index in [4.69, 9.17) is 14.2 Å². The van der Waals surface area contributed by atoms with Gasteiger partial charge in [0.15, 0.2) is 5.78 Å². The maximum atomic E-state index is 13.2. The van der Waals surface area contributed by atoms with E-state index in [1.165, 1.54) is 11.6 Å². The van der Waals surface area contributed by atoms with Gasteiger partial charge in [0.2, 0.25) is 0 Å². The van der Waals surface area contributed by atoms with E-state index in [-0.39, 0.29) is 35.0 Å². The van der Waals surface area contributed by atoms with E-state index in [0.717, 1.165) is 18.4 Å². The van der Waals surface area contributed by atoms with E-state index < -0.39 is 17.3 Å². The summed E-state index contributed by atoms with van der Waals surface area (Å²) in [4.78, 5) is 13.2. The summed E-state index contributed by atoms with van der Waals surface area (Å²) < 4.78 is 18.6. The third kappa shape index (κ3) is 4.36. The second-order valence-corrected chi connectivity index (χ2v) is 10.8. The van der Waals surface area contributed by atoms with E-state index in [1.807, 2.05) is 45.1 Å². The Hall–Kier alpha value is -3.67. The Kier molecular flexibility index (Phi) is 5.66. The summed E-state index contributed by atoms with van der Waals surface area (Å²) >= 11 is 0. The van der Waals surface area contributed by atoms with E-state index in [9.17, 15) is 15.0 Å². The van der Waals surface area contributed by atoms with Crippen LogP contribution in [0.3, 0.4) is 0 Å². The molecule has 2 atom stereocenters. The van der Waals surface area contributed by atoms with Gasteiger partial charge in [-0.15, -0.1) is 0 Å². The van der Waals surface area contributed by atoms with Crippen molar-refractivity contribution in [3.05, 3.63) is 64.3 Å². The lowest BCUT2D eigenvalue weighted by Crippen LogP contribution is -2.32. The third-order valence-electron chi connectivity index (χ3n) is 6.85. The van der Waals surface area contributed by atoms with Crippen molar-refractivity contribution in [2.75, 3.05) is 0 Å². The van der Waals surface area contributed by atoms with Crippen molar-refractivity contribution >= 4 is 17.9 Å². The molecule has 6 nitrogen and oxygen atoms in total. The van der Waals surface area contributed by atoms with Crippen LogP contribution in [0.2, 0.25) is 0 Å². The number of carbonyl (C=O) groups excluding carboxylic acids is 1. The Morgan fingerprint density at radius 1 is 1.03 bits per heavy atom. The van der Waals surface area contributed by atoms with Crippen molar-refractivity contribution in [2.45, 2.75) is 71.2 Å². The lowest BCUT2D eigenvalue weighted by Gasteiger charge is -2.35. The first kappa shape index (κ1) is 24.0. The Bertz CT molecular complexity index is 1340. The Labute approximate surface area is 211 Å². The molecular weight excluding hydrogens is 456 g/mol. The highest BCUT2D eigenvalue weighted by Gasteiger charge is 2.38. The molecule has 36 heavy (non-hydrogen) atoms. The summed E-state index contributed by atoms with van der Waals surface area (Å²) in [5.74, 6) is 0.895. The van der Waals surface area contributed by atoms with Gasteiger partial charge in [-0.05, 0) is 71.8 Å². The molecule has 3 aliphatic rings. The summed E-state index contributed by atoms with van der Waals surface area (Å²) in [6, 6.07) is 4.86. The molecule has 5 rings (SSSR count). The molecule has 0 saturated heterocycles. The highest BCUT2D eigenvalue weighted by molar-refractivity contribution is 6.04. The molecular formula is C30H32O6. The zero-order chi connectivity index (χ0) is 25.8. The van der Waals surface area contributed by atoms with Gasteiger partial charge in [0.25, 0.3) is 0 Å². The monoisotopic (exact) mass is 488 g/mol. The SMILES string of the molecule is CC(C)=CCC[C@@]1(C)C=Cc2c(cc(O)c3c2O[C@H](c2cc4c(cc2O)OC(C)(C)C=C4)CC3=O)O1. The van der Waals surface area contributed by atoms with E-state index in [2.05, 4.69) is 19.9 Å². The molecule has 0 saturated carbocycles. The van der Waals surface area contributed by atoms with Gasteiger partial charge >= 0.3 is 0 Å². The number of carbonyl (C=O) groups is 1. The number of ketones is 1. The second-order valence-electron chi connectivity index (χ2n) is 10.8. The maximum Gasteiger partial charge on any atom is 0.174 e. The number of allylic oxidation sites excluding steroid dienone is 2. The quantitative estimate of drug-likeness (QED) is 0.456. The molecule has 0 bridgehead atoms. The number of benzene rings is 2. The molecule has 0 unspecified atom stereocenters. The summed E-state index contributed by atoms with van der Waals surface area (Å²) in [6.45, 7) is 10.0. The first-order valence-corrected chi connectivity index (χ1v) is 12.3. The van der Waals surface area contributed by atoms with Crippen LogP contribution in [0.4, 0.5) is 0 Å². The van der Waals surface area contributed by atoms with Crippen LogP contribution >= 0.6 is 0 Å². The molecule has 2 aromatic rings. The number of rotatable bonds is 4. The van der Waals surface area contributed by atoms with Gasteiger partial charge in [-0.25, -0.2) is 0 Å². The number of hydrogen-bond acceptors (Lipinski definition) is 6. The molecule has 0 spiro atoms. The largest absolute Gasteiger partial charge is 0.507 e. The minimum absolute atomic E-state index is 0.00578. The Morgan fingerprint density at radius 2 is 1.78 bits per heavy atom. The van der Waals surface area contributed by atoms with Gasteiger partial charge in [0.05, 0.1) is 12.0 Å². The molecule has 2 aromatic carbocycles. The van der Waals surface area contributed by atoms with Crippen LogP contribution in [0.1, 0.15) is 87.0 Å². The summed E-state index contributed by atoms with van der Waals surface area (Å²) in [6.07, 6.45) is 10.8. The summed E-state index contributed by atoms with van der Waals surface area (Å²) in [5.41, 5.74) is 2.29. The van der Waals surface area contributed by atoms with Crippen molar-refractivity contribution in [1.82, 2.24) is 0 Å². The van der Waals surface area contributed by atoms with Crippen molar-refractivity contribution in [3.8, 4) is 28.7 Å². The smallest absolute Gasteiger partial charge is 0.174 e. The fourth-order valence-corrected chi connectivity index (χ4v) is 4.91. The first-order chi connectivity index (χ1) is 16.9. The number of phenolic OH excluding ortho intramolecular Hbond substituents is 2. The number of fused-ring (bicyclic) bond motifs is 4. The van der Waals surface area contributed by atoms with Gasteiger partial charge in [0.1, 0.15) is 51.6 Å². The van der Waals surface area contributed by atoms with Crippen LogP contribution in [-0.4, -0.2) is 27.2 Å². The molecule has 0 fully saturated rings. The van der Waals surface area contributed by atoms with Crippen molar-refractivity contribution in [2.24, 2.45) is 0 Å². The van der Waals surface area contributed by atoms with Gasteiger partial charge in [-0.3, -0.25) is 4.79 Å². The topological polar surface area (TPSA) is 85.2 Å². The number of phenols is 2. The molecule has 0 aromatic heterocycles. The predicted octanol–water partition coefficient (Wildman–Crippen LogP) is 6.90. The first-order valence-electron chi connectivity index (χ1n) is 12.3. The van der Waals surface area contributed by atoms with Crippen LogP contribution in [0, 0.1) is 0 Å². The normalized spacial score (nSPS) is 22.9. The Balaban J connectivity index is 1.49. The number of Topliss-reactive ketones (excluding diaryl/α,β-unsaturated/α-hetero) is 1. The molecule has 188 valence electrons. The van der Waals surface area contributed by atoms with Crippen LogP contribution in [0.5, 0.6) is 28.7 Å². The van der Waals surface area contributed by atoms with E-state index >= 15 is 0 Å². The number of aromatic hydroxyl groups is 2. The van der Waals surface area contributed by atoms with Gasteiger partial charge in [0, 0.05) is 23.3 Å². The number of hydrogen-bond donors (Lipinski definition) is 2. The van der Waals surface area contributed by atoms with Crippen molar-refractivity contribution in [1.29, 1.82) is 0 Å². The molecule has 0 amide bonds. The van der Waals surface area contributed by atoms with Crippen LogP contribution < -0.4 is 14.2 Å². The minimum atomic E-state index is -0.719. The zero-order valence-electron chi connectivity index (χ0n) is 21.3. The van der Waals surface area contributed by atoms with E-state index in [0.29, 0.717) is 22.6 Å². The number of ether oxygens (including phenoxy) is 3. The maximum absolute atomic E-state index is 13.2. The standard InChI is InChI=1S/C30H32O6/c1-17(2)7-6-10-30(5)12-9-19-26(36-30)16-23(33)27-22(32)15-25(34-28(19)27)20-13-18-8-11-29(3,4)35-24(18)14-21(20)31/h7-9,11-14,16,25,31,33H,6,10,15H2,1-5H3/t25-,30-/m0/s1. The highest BCUT2D eigenvalue weighted by atomic mass is 16.5. The highest BCUT2D eigenvalue weighted by Crippen LogP contribution is 2.50. The summed E-state index contributed by atoms with van der Waals surface area (Å²) in [7, 11) is 0. The van der Waals surface area contributed by atoms with Gasteiger partial charge < -0.3 is 24.4 Å². The van der Waals surface area contributed by atoms with Crippen LogP contribution in [0.25, 0.3) is 12.2 Å². The second kappa shape index (κ2) is 8.47.